The van der Waals surface area contributed by atoms with E-state index in [-0.39, 0.29) is 22.0 Å². The van der Waals surface area contributed by atoms with Crippen LogP contribution in [0.1, 0.15) is 28.8 Å². The van der Waals surface area contributed by atoms with Crippen LogP contribution in [0.2, 0.25) is 5.02 Å². The van der Waals surface area contributed by atoms with Gasteiger partial charge in [-0.3, -0.25) is 9.10 Å². The Hall–Kier alpha value is -2.26. The van der Waals surface area contributed by atoms with Crippen molar-refractivity contribution in [2.24, 2.45) is 0 Å². The minimum absolute atomic E-state index is 0.00255. The van der Waals surface area contributed by atoms with Crippen LogP contribution in [0.4, 0.5) is 24.5 Å². The number of nitrogens with zero attached hydrogens (tertiary/aromatic N) is 1. The van der Waals surface area contributed by atoms with Crippen LogP contribution < -0.4 is 9.62 Å². The van der Waals surface area contributed by atoms with Gasteiger partial charge >= 0.3 is 6.18 Å². The highest BCUT2D eigenvalue weighted by atomic mass is 35.5. The predicted octanol–water partition coefficient (Wildman–Crippen LogP) is 4.54. The fraction of sp³-hybridized carbons (Fsp3) is 0.278. The summed E-state index contributed by atoms with van der Waals surface area (Å²) >= 11 is 6.14. The lowest BCUT2D eigenvalue weighted by Crippen LogP contribution is -2.37. The second kappa shape index (κ2) is 7.63. The topological polar surface area (TPSA) is 66.5 Å². The van der Waals surface area contributed by atoms with E-state index in [1.165, 1.54) is 34.6 Å². The molecule has 1 aliphatic heterocycles. The molecule has 2 aromatic carbocycles. The van der Waals surface area contributed by atoms with Crippen LogP contribution in [0.15, 0.2) is 42.5 Å². The highest BCUT2D eigenvalue weighted by Crippen LogP contribution is 2.32. The summed E-state index contributed by atoms with van der Waals surface area (Å²) in [5, 5.41) is 2.37. The number of sulfonamides is 1. The van der Waals surface area contributed by atoms with Crippen molar-refractivity contribution in [1.82, 2.24) is 0 Å². The maximum atomic E-state index is 12.8. The van der Waals surface area contributed by atoms with Gasteiger partial charge in [-0.1, -0.05) is 17.7 Å². The van der Waals surface area contributed by atoms with Crippen molar-refractivity contribution in [2.45, 2.75) is 19.0 Å². The van der Waals surface area contributed by atoms with E-state index in [0.717, 1.165) is 12.1 Å². The van der Waals surface area contributed by atoms with Crippen molar-refractivity contribution in [3.63, 3.8) is 0 Å². The molecule has 1 aliphatic rings. The van der Waals surface area contributed by atoms with Crippen molar-refractivity contribution in [3.05, 3.63) is 58.6 Å². The molecule has 0 atom stereocenters. The van der Waals surface area contributed by atoms with Gasteiger partial charge in [-0.05, 0) is 49.2 Å². The monoisotopic (exact) mass is 432 g/mol. The van der Waals surface area contributed by atoms with E-state index >= 15 is 0 Å². The van der Waals surface area contributed by atoms with Crippen LogP contribution in [0.3, 0.4) is 0 Å². The Morgan fingerprint density at radius 2 is 1.86 bits per heavy atom. The van der Waals surface area contributed by atoms with Gasteiger partial charge in [0.2, 0.25) is 10.0 Å². The van der Waals surface area contributed by atoms with Gasteiger partial charge in [-0.15, -0.1) is 0 Å². The maximum absolute atomic E-state index is 12.8. The second-order valence-corrected chi connectivity index (χ2v) is 8.71. The number of amides is 1. The number of halogens is 4. The van der Waals surface area contributed by atoms with Gasteiger partial charge in [0.25, 0.3) is 5.91 Å². The molecule has 2 aromatic rings. The van der Waals surface area contributed by atoms with Gasteiger partial charge in [0.1, 0.15) is 0 Å². The molecule has 1 heterocycles. The fourth-order valence-electron chi connectivity index (χ4n) is 2.89. The molecule has 150 valence electrons. The van der Waals surface area contributed by atoms with Crippen molar-refractivity contribution < 1.29 is 26.4 Å². The number of benzene rings is 2. The van der Waals surface area contributed by atoms with Gasteiger partial charge in [0.05, 0.1) is 27.6 Å². The fourth-order valence-corrected chi connectivity index (χ4v) is 4.79. The Morgan fingerprint density at radius 3 is 2.50 bits per heavy atom. The molecule has 28 heavy (non-hydrogen) atoms. The smallest absolute Gasteiger partial charge is 0.322 e. The van der Waals surface area contributed by atoms with Crippen LogP contribution in [-0.4, -0.2) is 26.6 Å². The number of carbonyl (C=O) groups is 1. The summed E-state index contributed by atoms with van der Waals surface area (Å²) in [7, 11) is -3.43. The highest BCUT2D eigenvalue weighted by Gasteiger charge is 2.30. The Morgan fingerprint density at radius 1 is 1.11 bits per heavy atom. The van der Waals surface area contributed by atoms with Crippen LogP contribution in [0, 0.1) is 0 Å². The summed E-state index contributed by atoms with van der Waals surface area (Å²) in [6.45, 7) is 0.328. The molecule has 1 amide bonds. The minimum atomic E-state index is -4.53. The molecule has 1 N–H and O–H groups in total. The zero-order valence-electron chi connectivity index (χ0n) is 14.5. The molecular weight excluding hydrogens is 417 g/mol. The summed E-state index contributed by atoms with van der Waals surface area (Å²) in [5.41, 5.74) is -0.543. The average Bonchev–Trinajstić information content (AvgIpc) is 2.60. The summed E-state index contributed by atoms with van der Waals surface area (Å²) in [6.07, 6.45) is -3.22. The summed E-state index contributed by atoms with van der Waals surface area (Å²) < 4.78 is 64.0. The van der Waals surface area contributed by atoms with Gasteiger partial charge in [0.15, 0.2) is 0 Å². The highest BCUT2D eigenvalue weighted by molar-refractivity contribution is 7.92. The lowest BCUT2D eigenvalue weighted by Gasteiger charge is -2.28. The van der Waals surface area contributed by atoms with Gasteiger partial charge in [0, 0.05) is 12.2 Å². The molecule has 5 nitrogen and oxygen atoms in total. The third kappa shape index (κ3) is 4.41. The van der Waals surface area contributed by atoms with Crippen LogP contribution >= 0.6 is 11.6 Å². The number of rotatable bonds is 3. The van der Waals surface area contributed by atoms with Crippen molar-refractivity contribution >= 4 is 38.9 Å². The molecule has 3 rings (SSSR count). The standard InChI is InChI=1S/C18H16ClF3N2O3S/c19-16-11-14(24-8-1-2-9-28(24,26)27)6-7-15(16)17(25)23-13-5-3-4-12(10-13)18(20,21)22/h3-7,10-11H,1-2,8-9H2,(H,23,25). The molecule has 0 saturated carbocycles. The zero-order valence-corrected chi connectivity index (χ0v) is 16.0. The number of hydrogen-bond acceptors (Lipinski definition) is 3. The van der Waals surface area contributed by atoms with E-state index in [9.17, 15) is 26.4 Å². The maximum Gasteiger partial charge on any atom is 0.416 e. The predicted molar refractivity (Wildman–Crippen MR) is 101 cm³/mol. The van der Waals surface area contributed by atoms with E-state index in [4.69, 9.17) is 11.6 Å². The van der Waals surface area contributed by atoms with E-state index < -0.39 is 27.7 Å². The van der Waals surface area contributed by atoms with Gasteiger partial charge in [-0.25, -0.2) is 8.42 Å². The first kappa shape index (κ1) is 20.5. The Bertz CT molecular complexity index is 1010. The molecule has 0 aromatic heterocycles. The van der Waals surface area contributed by atoms with Gasteiger partial charge < -0.3 is 5.32 Å². The summed E-state index contributed by atoms with van der Waals surface area (Å²) in [5.74, 6) is -0.653. The molecule has 0 aliphatic carbocycles. The largest absolute Gasteiger partial charge is 0.416 e. The molecule has 0 bridgehead atoms. The number of hydrogen-bond donors (Lipinski definition) is 1. The molecule has 1 fully saturated rings. The Labute approximate surface area is 165 Å². The molecule has 0 unspecified atom stereocenters. The number of alkyl halides is 3. The Kier molecular flexibility index (Phi) is 5.58. The number of nitrogens with one attached hydrogen (secondary N) is 1. The quantitative estimate of drug-likeness (QED) is 0.774. The van der Waals surface area contributed by atoms with E-state index in [2.05, 4.69) is 5.32 Å². The molecule has 10 heteroatoms. The molecule has 0 spiro atoms. The van der Waals surface area contributed by atoms with E-state index in [0.29, 0.717) is 25.1 Å². The summed E-state index contributed by atoms with van der Waals surface area (Å²) in [4.78, 5) is 12.4. The zero-order chi connectivity index (χ0) is 20.5. The third-order valence-electron chi connectivity index (χ3n) is 4.28. The third-order valence-corrected chi connectivity index (χ3v) is 6.46. The van der Waals surface area contributed by atoms with Gasteiger partial charge in [-0.2, -0.15) is 13.2 Å². The van der Waals surface area contributed by atoms with Crippen molar-refractivity contribution in [3.8, 4) is 0 Å². The minimum Gasteiger partial charge on any atom is -0.322 e. The van der Waals surface area contributed by atoms with Crippen molar-refractivity contribution in [1.29, 1.82) is 0 Å². The molecule has 1 saturated heterocycles. The Balaban J connectivity index is 1.82. The first-order valence-electron chi connectivity index (χ1n) is 8.36. The first-order chi connectivity index (χ1) is 13.1. The summed E-state index contributed by atoms with van der Waals surface area (Å²) in [6, 6.07) is 8.41. The number of carbonyl (C=O) groups excluding carboxylic acids is 1. The lowest BCUT2D eigenvalue weighted by atomic mass is 10.1. The first-order valence-corrected chi connectivity index (χ1v) is 10.4. The average molecular weight is 433 g/mol. The normalized spacial score (nSPS) is 16.6. The van der Waals surface area contributed by atoms with E-state index in [1.54, 1.807) is 0 Å². The van der Waals surface area contributed by atoms with E-state index in [1.807, 2.05) is 0 Å². The SMILES string of the molecule is O=C(Nc1cccc(C(F)(F)F)c1)c1ccc(N2CCCCS2(=O)=O)cc1Cl. The second-order valence-electron chi connectivity index (χ2n) is 6.29. The van der Waals surface area contributed by atoms with Crippen LogP contribution in [-0.2, 0) is 16.2 Å². The van der Waals surface area contributed by atoms with Crippen LogP contribution in [0.5, 0.6) is 0 Å². The molecule has 0 radical (unpaired) electrons. The van der Waals surface area contributed by atoms with Crippen LogP contribution in [0.25, 0.3) is 0 Å². The van der Waals surface area contributed by atoms with Crippen molar-refractivity contribution in [2.75, 3.05) is 21.9 Å². The molecular formula is C18H16ClF3N2O3S. The lowest BCUT2D eigenvalue weighted by molar-refractivity contribution is -0.137. The number of anilines is 2.